The minimum absolute atomic E-state index is 0.0454. The molecule has 6 N–H and O–H groups in total. The number of phenolic OH excluding ortho intramolecular Hbond substituents is 1. The smallest absolute Gasteiger partial charge is 0.338 e. The molecule has 2 aliphatic rings. The normalized spacial score (nSPS) is 24.7. The first-order chi connectivity index (χ1) is 23.1. The fourth-order valence-electron chi connectivity index (χ4n) is 5.81. The SMILES string of the molecule is COc1cc(C(=O)OC[C@H]2O[C@@H](Oc3ccc([C@@H]4Oc5c(OC)cc(CCCO)cc5[C@H]4CO)cc3OC)[C@H](O)[C@@H](O)[C@@H]2O)ccc1O. The Morgan fingerprint density at radius 3 is 2.27 bits per heavy atom. The van der Waals surface area contributed by atoms with E-state index in [1.54, 1.807) is 18.2 Å². The first-order valence-electron chi connectivity index (χ1n) is 15.3. The number of aliphatic hydroxyl groups is 5. The van der Waals surface area contributed by atoms with Crippen molar-refractivity contribution in [2.24, 2.45) is 0 Å². The molecule has 14 heteroatoms. The molecule has 14 nitrogen and oxygen atoms in total. The number of hydrogen-bond donors (Lipinski definition) is 6. The van der Waals surface area contributed by atoms with Crippen LogP contribution >= 0.6 is 0 Å². The van der Waals surface area contributed by atoms with Crippen LogP contribution in [0.1, 0.15) is 45.5 Å². The first kappa shape index (κ1) is 35.0. The molecule has 5 rings (SSSR count). The molecular formula is C34H40O14. The van der Waals surface area contributed by atoms with Gasteiger partial charge in [0.1, 0.15) is 37.1 Å². The summed E-state index contributed by atoms with van der Waals surface area (Å²) in [5, 5.41) is 61.3. The summed E-state index contributed by atoms with van der Waals surface area (Å²) in [5.41, 5.74) is 2.42. The minimum Gasteiger partial charge on any atom is -0.504 e. The van der Waals surface area contributed by atoms with Gasteiger partial charge in [0.25, 0.3) is 0 Å². The molecule has 2 aliphatic heterocycles. The van der Waals surface area contributed by atoms with Crippen molar-refractivity contribution in [3.8, 4) is 34.5 Å². The molecule has 0 bridgehead atoms. The molecule has 0 unspecified atom stereocenters. The third-order valence-corrected chi connectivity index (χ3v) is 8.42. The molecule has 3 aromatic carbocycles. The average molecular weight is 673 g/mol. The fraction of sp³-hybridized carbons (Fsp3) is 0.441. The number of esters is 1. The Morgan fingerprint density at radius 1 is 0.833 bits per heavy atom. The lowest BCUT2D eigenvalue weighted by atomic mass is 9.90. The van der Waals surface area contributed by atoms with E-state index in [2.05, 4.69) is 0 Å². The molecule has 0 saturated carbocycles. The second kappa shape index (κ2) is 15.3. The predicted molar refractivity (Wildman–Crippen MR) is 167 cm³/mol. The number of aryl methyl sites for hydroxylation is 1. The van der Waals surface area contributed by atoms with Crippen LogP contribution in [-0.4, -0.2) is 108 Å². The van der Waals surface area contributed by atoms with E-state index in [1.807, 2.05) is 12.1 Å². The van der Waals surface area contributed by atoms with Crippen molar-refractivity contribution in [3.63, 3.8) is 0 Å². The van der Waals surface area contributed by atoms with Gasteiger partial charge in [-0.1, -0.05) is 12.1 Å². The van der Waals surface area contributed by atoms with Gasteiger partial charge in [0.2, 0.25) is 6.29 Å². The lowest BCUT2D eigenvalue weighted by Gasteiger charge is -2.40. The second-order valence-corrected chi connectivity index (χ2v) is 11.4. The van der Waals surface area contributed by atoms with Crippen molar-refractivity contribution in [2.75, 3.05) is 41.2 Å². The predicted octanol–water partition coefficient (Wildman–Crippen LogP) is 1.60. The molecule has 0 amide bonds. The Balaban J connectivity index is 1.31. The Bertz CT molecular complexity index is 1580. The highest BCUT2D eigenvalue weighted by Gasteiger charge is 2.46. The Morgan fingerprint density at radius 2 is 1.58 bits per heavy atom. The summed E-state index contributed by atoms with van der Waals surface area (Å²) in [4.78, 5) is 12.6. The van der Waals surface area contributed by atoms with Gasteiger partial charge in [0.05, 0.1) is 39.4 Å². The number of aliphatic hydroxyl groups excluding tert-OH is 5. The van der Waals surface area contributed by atoms with E-state index < -0.39 is 55.3 Å². The number of aromatic hydroxyl groups is 1. The van der Waals surface area contributed by atoms with E-state index in [1.165, 1.54) is 39.5 Å². The Hall–Kier alpha value is -4.31. The van der Waals surface area contributed by atoms with Crippen molar-refractivity contribution in [1.29, 1.82) is 0 Å². The quantitative estimate of drug-likeness (QED) is 0.143. The zero-order chi connectivity index (χ0) is 34.5. The average Bonchev–Trinajstić information content (AvgIpc) is 3.48. The van der Waals surface area contributed by atoms with Gasteiger partial charge in [-0.2, -0.15) is 0 Å². The minimum atomic E-state index is -1.71. The third-order valence-electron chi connectivity index (χ3n) is 8.42. The van der Waals surface area contributed by atoms with E-state index in [0.29, 0.717) is 29.9 Å². The molecule has 0 spiro atoms. The second-order valence-electron chi connectivity index (χ2n) is 11.4. The van der Waals surface area contributed by atoms with Gasteiger partial charge in [0, 0.05) is 12.2 Å². The van der Waals surface area contributed by atoms with Gasteiger partial charge in [-0.05, 0) is 60.4 Å². The number of hydrogen-bond acceptors (Lipinski definition) is 14. The highest BCUT2D eigenvalue weighted by Crippen LogP contribution is 2.51. The summed E-state index contributed by atoms with van der Waals surface area (Å²) in [7, 11) is 4.27. The van der Waals surface area contributed by atoms with Crippen LogP contribution in [0.15, 0.2) is 48.5 Å². The summed E-state index contributed by atoms with van der Waals surface area (Å²) >= 11 is 0. The number of carbonyl (C=O) groups excluding carboxylic acids is 1. The largest absolute Gasteiger partial charge is 0.504 e. The van der Waals surface area contributed by atoms with Crippen LogP contribution in [0.5, 0.6) is 34.5 Å². The monoisotopic (exact) mass is 672 g/mol. The van der Waals surface area contributed by atoms with Crippen molar-refractivity contribution in [2.45, 2.75) is 55.6 Å². The van der Waals surface area contributed by atoms with Gasteiger partial charge in [0.15, 0.2) is 34.5 Å². The zero-order valence-electron chi connectivity index (χ0n) is 26.6. The van der Waals surface area contributed by atoms with Crippen LogP contribution in [-0.2, 0) is 15.9 Å². The van der Waals surface area contributed by atoms with Crippen molar-refractivity contribution < 1.29 is 68.6 Å². The lowest BCUT2D eigenvalue weighted by molar-refractivity contribution is -0.277. The van der Waals surface area contributed by atoms with Crippen LogP contribution in [0.3, 0.4) is 0 Å². The highest BCUT2D eigenvalue weighted by molar-refractivity contribution is 5.90. The molecule has 0 aliphatic carbocycles. The number of rotatable bonds is 13. The molecule has 2 heterocycles. The van der Waals surface area contributed by atoms with Gasteiger partial charge in [-0.25, -0.2) is 4.79 Å². The number of phenols is 1. The lowest BCUT2D eigenvalue weighted by Crippen LogP contribution is -2.60. The maximum absolute atomic E-state index is 12.6. The zero-order valence-corrected chi connectivity index (χ0v) is 26.6. The summed E-state index contributed by atoms with van der Waals surface area (Å²) in [6.07, 6.45) is -7.21. The van der Waals surface area contributed by atoms with E-state index >= 15 is 0 Å². The Kier molecular flexibility index (Phi) is 11.1. The van der Waals surface area contributed by atoms with E-state index in [0.717, 1.165) is 11.1 Å². The van der Waals surface area contributed by atoms with Crippen molar-refractivity contribution in [3.05, 3.63) is 70.8 Å². The van der Waals surface area contributed by atoms with Gasteiger partial charge in [-0.3, -0.25) is 0 Å². The maximum Gasteiger partial charge on any atom is 0.338 e. The molecule has 0 aromatic heterocycles. The fourth-order valence-corrected chi connectivity index (χ4v) is 5.81. The Labute approximate surface area is 276 Å². The number of methoxy groups -OCH3 is 3. The number of carbonyl (C=O) groups is 1. The van der Waals surface area contributed by atoms with Crippen LogP contribution in [0.4, 0.5) is 0 Å². The van der Waals surface area contributed by atoms with E-state index in [9.17, 15) is 35.4 Å². The number of fused-ring (bicyclic) bond motifs is 1. The van der Waals surface area contributed by atoms with Crippen LogP contribution < -0.4 is 23.7 Å². The molecule has 1 saturated heterocycles. The molecule has 0 radical (unpaired) electrons. The standard InChI is InChI=1S/C34H40O14/c1-42-24-14-19(6-8-22(24)37)33(41)45-16-27-28(38)29(39)30(40)34(47-27)46-23-9-7-18(13-25(23)43-2)31-21(15-36)20-11-17(5-4-10-35)12-26(44-3)32(20)48-31/h6-9,11-14,21,27-31,34-40H,4-5,10,15-16H2,1-3H3/t21-,27-,28-,29+,30-,31+,34-/m1/s1. The third kappa shape index (κ3) is 7.09. The summed E-state index contributed by atoms with van der Waals surface area (Å²) < 4.78 is 39.4. The van der Waals surface area contributed by atoms with Crippen molar-refractivity contribution in [1.82, 2.24) is 0 Å². The van der Waals surface area contributed by atoms with Gasteiger partial charge >= 0.3 is 5.97 Å². The van der Waals surface area contributed by atoms with E-state index in [4.69, 9.17) is 33.2 Å². The summed E-state index contributed by atoms with van der Waals surface area (Å²) in [6.45, 7) is -0.681. The number of ether oxygens (including phenoxy) is 7. The van der Waals surface area contributed by atoms with Crippen LogP contribution in [0.25, 0.3) is 0 Å². The summed E-state index contributed by atoms with van der Waals surface area (Å²) in [6, 6.07) is 12.6. The maximum atomic E-state index is 12.6. The number of benzene rings is 3. The topological polar surface area (TPSA) is 203 Å². The molecule has 3 aromatic rings. The van der Waals surface area contributed by atoms with Crippen LogP contribution in [0, 0.1) is 0 Å². The van der Waals surface area contributed by atoms with E-state index in [-0.39, 0.29) is 41.8 Å². The van der Waals surface area contributed by atoms with Gasteiger partial charge < -0.3 is 63.8 Å². The first-order valence-corrected chi connectivity index (χ1v) is 15.3. The highest BCUT2D eigenvalue weighted by atomic mass is 16.7. The molecule has 48 heavy (non-hydrogen) atoms. The molecule has 7 atom stereocenters. The summed E-state index contributed by atoms with van der Waals surface area (Å²) in [5.74, 6) is 0.0160. The van der Waals surface area contributed by atoms with Crippen molar-refractivity contribution >= 4 is 5.97 Å². The van der Waals surface area contributed by atoms with Crippen LogP contribution in [0.2, 0.25) is 0 Å². The molecule has 1 fully saturated rings. The molecule has 260 valence electrons. The molecular weight excluding hydrogens is 632 g/mol. The van der Waals surface area contributed by atoms with Gasteiger partial charge in [-0.15, -0.1) is 0 Å².